The van der Waals surface area contributed by atoms with Gasteiger partial charge in [0.25, 0.3) is 0 Å². The van der Waals surface area contributed by atoms with Crippen molar-refractivity contribution in [3.05, 3.63) is 278 Å². The highest BCUT2D eigenvalue weighted by Gasteiger charge is 2.41. The summed E-state index contributed by atoms with van der Waals surface area (Å²) in [5.74, 6) is 0. The molecule has 1 aromatic heterocycles. The van der Waals surface area contributed by atoms with Gasteiger partial charge in [-0.1, -0.05) is 212 Å². The van der Waals surface area contributed by atoms with Crippen molar-refractivity contribution in [3.63, 3.8) is 0 Å². The molecule has 0 amide bonds. The second-order valence-corrected chi connectivity index (χ2v) is 18.1. The summed E-state index contributed by atoms with van der Waals surface area (Å²) in [5.41, 5.74) is 20.0. The Morgan fingerprint density at radius 3 is 1.71 bits per heavy atom. The molecular formula is C66H46N2. The molecule has 12 aromatic rings. The van der Waals surface area contributed by atoms with E-state index in [9.17, 15) is 0 Å². The van der Waals surface area contributed by atoms with Crippen molar-refractivity contribution >= 4 is 49.6 Å². The predicted octanol–water partition coefficient (Wildman–Crippen LogP) is 17.7. The molecule has 13 rings (SSSR count). The maximum absolute atomic E-state index is 2.53. The quantitative estimate of drug-likeness (QED) is 0.148. The molecule has 2 nitrogen and oxygen atoms in total. The Morgan fingerprint density at radius 1 is 0.353 bits per heavy atom. The number of nitrogens with zero attached hydrogens (tertiary/aromatic N) is 2. The van der Waals surface area contributed by atoms with Gasteiger partial charge in [0.05, 0.1) is 22.4 Å². The molecule has 0 N–H and O–H groups in total. The van der Waals surface area contributed by atoms with E-state index in [1.54, 1.807) is 0 Å². The van der Waals surface area contributed by atoms with E-state index < -0.39 is 0 Å². The molecule has 1 unspecified atom stereocenters. The van der Waals surface area contributed by atoms with E-state index in [0.717, 1.165) is 39.4 Å². The molecule has 2 heteroatoms. The van der Waals surface area contributed by atoms with E-state index in [0.29, 0.717) is 0 Å². The van der Waals surface area contributed by atoms with Crippen LogP contribution in [0.3, 0.4) is 0 Å². The number of benzene rings is 11. The van der Waals surface area contributed by atoms with Crippen molar-refractivity contribution in [2.24, 2.45) is 0 Å². The van der Waals surface area contributed by atoms with E-state index in [1.807, 2.05) is 0 Å². The lowest BCUT2D eigenvalue weighted by atomic mass is 9.74. The van der Waals surface area contributed by atoms with E-state index in [2.05, 4.69) is 277 Å². The highest BCUT2D eigenvalue weighted by molar-refractivity contribution is 6.12. The second kappa shape index (κ2) is 16.0. The van der Waals surface area contributed by atoms with Gasteiger partial charge in [0, 0.05) is 38.7 Å². The lowest BCUT2D eigenvalue weighted by molar-refractivity contribution is 0.714. The number of hydrogen-bond acceptors (Lipinski definition) is 1. The molecule has 1 atom stereocenters. The average molecular weight is 867 g/mol. The molecule has 0 fully saturated rings. The fourth-order valence-electron chi connectivity index (χ4n) is 11.3. The van der Waals surface area contributed by atoms with Crippen LogP contribution in [0, 0.1) is 0 Å². The van der Waals surface area contributed by atoms with Crippen LogP contribution >= 0.6 is 0 Å². The zero-order chi connectivity index (χ0) is 45.2. The Balaban J connectivity index is 1.08. The number of aromatic nitrogens is 1. The first-order valence-electron chi connectivity index (χ1n) is 23.6. The Kier molecular flexibility index (Phi) is 9.33. The van der Waals surface area contributed by atoms with E-state index in [4.69, 9.17) is 0 Å². The van der Waals surface area contributed by atoms with Crippen LogP contribution in [0.5, 0.6) is 0 Å². The fraction of sp³-hybridized carbons (Fsp3) is 0.0303. The van der Waals surface area contributed by atoms with Gasteiger partial charge in [0.2, 0.25) is 0 Å². The van der Waals surface area contributed by atoms with Crippen molar-refractivity contribution in [2.45, 2.75) is 12.3 Å². The van der Waals surface area contributed by atoms with Crippen molar-refractivity contribution in [3.8, 4) is 50.2 Å². The van der Waals surface area contributed by atoms with Crippen LogP contribution in [-0.4, -0.2) is 4.57 Å². The van der Waals surface area contributed by atoms with Crippen molar-refractivity contribution in [2.75, 3.05) is 4.90 Å². The van der Waals surface area contributed by atoms with Gasteiger partial charge in [0.1, 0.15) is 0 Å². The average Bonchev–Trinajstić information content (AvgIpc) is 3.88. The largest absolute Gasteiger partial charge is 0.309 e. The molecule has 1 aliphatic carbocycles. The maximum Gasteiger partial charge on any atom is 0.0547 e. The molecule has 0 saturated heterocycles. The van der Waals surface area contributed by atoms with Crippen molar-refractivity contribution < 1.29 is 0 Å². The van der Waals surface area contributed by atoms with Gasteiger partial charge in [-0.25, -0.2) is 0 Å². The van der Waals surface area contributed by atoms with Gasteiger partial charge in [-0.2, -0.15) is 0 Å². The zero-order valence-electron chi connectivity index (χ0n) is 37.7. The smallest absolute Gasteiger partial charge is 0.0547 e. The first-order valence-corrected chi connectivity index (χ1v) is 23.6. The van der Waals surface area contributed by atoms with Gasteiger partial charge in [-0.15, -0.1) is 0 Å². The third-order valence-corrected chi connectivity index (χ3v) is 14.5. The zero-order valence-corrected chi connectivity index (χ0v) is 37.7. The van der Waals surface area contributed by atoms with Gasteiger partial charge >= 0.3 is 0 Å². The lowest BCUT2D eigenvalue weighted by Crippen LogP contribution is -2.23. The third kappa shape index (κ3) is 6.18. The topological polar surface area (TPSA) is 8.17 Å². The number of rotatable bonds is 8. The minimum Gasteiger partial charge on any atom is -0.309 e. The maximum atomic E-state index is 2.53. The number of para-hydroxylation sites is 4. The summed E-state index contributed by atoms with van der Waals surface area (Å²) in [5, 5.41) is 4.92. The summed E-state index contributed by atoms with van der Waals surface area (Å²) in [4.78, 5) is 2.53. The molecule has 320 valence electrons. The fourth-order valence-corrected chi connectivity index (χ4v) is 11.3. The van der Waals surface area contributed by atoms with Crippen LogP contribution in [0.1, 0.15) is 23.6 Å². The molecule has 0 saturated carbocycles. The summed E-state index contributed by atoms with van der Waals surface area (Å²) in [6.45, 7) is 2.41. The summed E-state index contributed by atoms with van der Waals surface area (Å²) in [7, 11) is 0. The molecule has 0 bridgehead atoms. The van der Waals surface area contributed by atoms with Crippen molar-refractivity contribution in [1.82, 2.24) is 4.57 Å². The third-order valence-electron chi connectivity index (χ3n) is 14.5. The Bertz CT molecular complexity index is 3860. The summed E-state index contributed by atoms with van der Waals surface area (Å²) < 4.78 is 2.41. The molecule has 0 aliphatic heterocycles. The minimum absolute atomic E-state index is 0.371. The van der Waals surface area contributed by atoms with E-state index >= 15 is 0 Å². The summed E-state index contributed by atoms with van der Waals surface area (Å²) in [6.07, 6.45) is 0. The van der Waals surface area contributed by atoms with Gasteiger partial charge < -0.3 is 9.47 Å². The second-order valence-electron chi connectivity index (χ2n) is 18.1. The highest BCUT2D eigenvalue weighted by atomic mass is 15.1. The number of anilines is 3. The standard InChI is InChI=1S/C66H46N2/c1-66(48-25-7-3-8-26-48)59-35-15-11-30-53(59)54-42-40-50(44-60(54)66)68(63-38-18-14-32-56(63)58-34-20-24-46-23-19-33-52(65(46)58)45-21-5-2-6-22-45)61-36-16-12-29-51(61)47-39-41-57-55-31-13-17-37-62(55)67(64(57)43-47)49-27-9-4-10-28-49/h2-44H,1H3. The van der Waals surface area contributed by atoms with E-state index in [1.165, 1.54) is 77.1 Å². The van der Waals surface area contributed by atoms with Gasteiger partial charge in [-0.3, -0.25) is 0 Å². The van der Waals surface area contributed by atoms with E-state index in [-0.39, 0.29) is 5.41 Å². The highest BCUT2D eigenvalue weighted by Crippen LogP contribution is 2.55. The molecule has 0 spiro atoms. The molecule has 1 aliphatic rings. The monoisotopic (exact) mass is 866 g/mol. The normalized spacial score (nSPS) is 14.0. The van der Waals surface area contributed by atoms with Crippen LogP contribution in [0.4, 0.5) is 17.1 Å². The Morgan fingerprint density at radius 2 is 0.926 bits per heavy atom. The predicted molar refractivity (Wildman–Crippen MR) is 287 cm³/mol. The minimum atomic E-state index is -0.371. The van der Waals surface area contributed by atoms with Crippen LogP contribution in [-0.2, 0) is 5.41 Å². The molecule has 68 heavy (non-hydrogen) atoms. The van der Waals surface area contributed by atoms with Gasteiger partial charge in [0.15, 0.2) is 0 Å². The first-order chi connectivity index (χ1) is 33.6. The van der Waals surface area contributed by atoms with Crippen LogP contribution in [0.2, 0.25) is 0 Å². The number of fused-ring (bicyclic) bond motifs is 7. The first kappa shape index (κ1) is 39.6. The molecule has 0 radical (unpaired) electrons. The Hall–Kier alpha value is -8.72. The summed E-state index contributed by atoms with van der Waals surface area (Å²) >= 11 is 0. The molecular weight excluding hydrogens is 821 g/mol. The molecule has 1 heterocycles. The SMILES string of the molecule is CC1(c2ccccc2)c2ccccc2-c2ccc(N(c3ccccc3-c3ccc4c5ccccc5n(-c5ccccc5)c4c3)c3ccccc3-c3cccc4cccc(-c5ccccc5)c34)cc21. The summed E-state index contributed by atoms with van der Waals surface area (Å²) in [6, 6.07) is 96.0. The van der Waals surface area contributed by atoms with Gasteiger partial charge in [-0.05, 0) is 116 Å². The van der Waals surface area contributed by atoms with Crippen LogP contribution < -0.4 is 4.90 Å². The van der Waals surface area contributed by atoms with Crippen molar-refractivity contribution in [1.29, 1.82) is 0 Å². The lowest BCUT2D eigenvalue weighted by Gasteiger charge is -2.32. The molecule has 11 aromatic carbocycles. The Labute approximate surface area is 397 Å². The van der Waals surface area contributed by atoms with Crippen LogP contribution in [0.15, 0.2) is 261 Å². The van der Waals surface area contributed by atoms with Crippen LogP contribution in [0.25, 0.3) is 82.8 Å². The number of hydrogen-bond donors (Lipinski definition) is 0.